The SMILES string of the molecule is O=C(Nc1cc(Cl)ccc1Cl)N1CCN(Cc2ccccc2)CC1. The van der Waals surface area contributed by atoms with Gasteiger partial charge in [0, 0.05) is 37.7 Å². The fourth-order valence-corrected chi connectivity index (χ4v) is 3.08. The van der Waals surface area contributed by atoms with Crippen LogP contribution in [0.4, 0.5) is 10.5 Å². The number of benzene rings is 2. The quantitative estimate of drug-likeness (QED) is 0.879. The number of anilines is 1. The Morgan fingerprint density at radius 2 is 1.71 bits per heavy atom. The molecular formula is C18H19Cl2N3O. The topological polar surface area (TPSA) is 35.6 Å². The van der Waals surface area contributed by atoms with Gasteiger partial charge in [-0.3, -0.25) is 4.90 Å². The Balaban J connectivity index is 1.52. The number of nitrogens with one attached hydrogen (secondary N) is 1. The predicted molar refractivity (Wildman–Crippen MR) is 98.8 cm³/mol. The summed E-state index contributed by atoms with van der Waals surface area (Å²) in [6.07, 6.45) is 0. The molecule has 0 bridgehead atoms. The fourth-order valence-electron chi connectivity index (χ4n) is 2.74. The van der Waals surface area contributed by atoms with Crippen LogP contribution in [0, 0.1) is 0 Å². The highest BCUT2D eigenvalue weighted by Crippen LogP contribution is 2.25. The van der Waals surface area contributed by atoms with E-state index in [9.17, 15) is 4.79 Å². The zero-order valence-corrected chi connectivity index (χ0v) is 14.7. The first kappa shape index (κ1) is 17.1. The fraction of sp³-hybridized carbons (Fsp3) is 0.278. The highest BCUT2D eigenvalue weighted by atomic mass is 35.5. The maximum absolute atomic E-state index is 12.4. The van der Waals surface area contributed by atoms with Gasteiger partial charge in [-0.05, 0) is 23.8 Å². The second kappa shape index (κ2) is 7.88. The highest BCUT2D eigenvalue weighted by Gasteiger charge is 2.21. The molecule has 4 nitrogen and oxygen atoms in total. The third-order valence-electron chi connectivity index (χ3n) is 4.08. The van der Waals surface area contributed by atoms with Crippen LogP contribution in [0.5, 0.6) is 0 Å². The van der Waals surface area contributed by atoms with Crippen LogP contribution in [-0.2, 0) is 6.54 Å². The summed E-state index contributed by atoms with van der Waals surface area (Å²) in [4.78, 5) is 16.5. The molecule has 126 valence electrons. The highest BCUT2D eigenvalue weighted by molar-refractivity contribution is 6.35. The molecule has 1 aliphatic rings. The molecule has 24 heavy (non-hydrogen) atoms. The number of urea groups is 1. The van der Waals surface area contributed by atoms with Crippen LogP contribution < -0.4 is 5.32 Å². The number of amides is 2. The molecule has 0 atom stereocenters. The molecular weight excluding hydrogens is 345 g/mol. The van der Waals surface area contributed by atoms with Crippen LogP contribution in [0.25, 0.3) is 0 Å². The largest absolute Gasteiger partial charge is 0.322 e. The van der Waals surface area contributed by atoms with E-state index in [0.717, 1.165) is 19.6 Å². The van der Waals surface area contributed by atoms with Gasteiger partial charge >= 0.3 is 6.03 Å². The third kappa shape index (κ3) is 4.41. The lowest BCUT2D eigenvalue weighted by atomic mass is 10.2. The molecule has 1 saturated heterocycles. The minimum absolute atomic E-state index is 0.140. The first-order valence-electron chi connectivity index (χ1n) is 7.89. The van der Waals surface area contributed by atoms with Crippen molar-refractivity contribution < 1.29 is 4.79 Å². The van der Waals surface area contributed by atoms with Gasteiger partial charge < -0.3 is 10.2 Å². The van der Waals surface area contributed by atoms with Gasteiger partial charge in [-0.25, -0.2) is 4.79 Å². The summed E-state index contributed by atoms with van der Waals surface area (Å²) >= 11 is 12.0. The second-order valence-electron chi connectivity index (χ2n) is 5.80. The Bertz CT molecular complexity index is 701. The second-order valence-corrected chi connectivity index (χ2v) is 6.65. The van der Waals surface area contributed by atoms with E-state index in [4.69, 9.17) is 23.2 Å². The number of carbonyl (C=O) groups is 1. The van der Waals surface area contributed by atoms with E-state index in [1.807, 2.05) is 18.2 Å². The first-order valence-corrected chi connectivity index (χ1v) is 8.65. The Hall–Kier alpha value is -1.75. The molecule has 1 N–H and O–H groups in total. The zero-order valence-electron chi connectivity index (χ0n) is 13.2. The van der Waals surface area contributed by atoms with Crippen molar-refractivity contribution in [2.24, 2.45) is 0 Å². The molecule has 6 heteroatoms. The number of hydrogen-bond acceptors (Lipinski definition) is 2. The lowest BCUT2D eigenvalue weighted by Gasteiger charge is -2.34. The molecule has 2 aromatic carbocycles. The van der Waals surface area contributed by atoms with Crippen LogP contribution in [0.2, 0.25) is 10.0 Å². The summed E-state index contributed by atoms with van der Waals surface area (Å²) < 4.78 is 0. The third-order valence-corrected chi connectivity index (χ3v) is 4.64. The molecule has 0 aliphatic carbocycles. The average molecular weight is 364 g/mol. The van der Waals surface area contributed by atoms with Crippen LogP contribution in [0.15, 0.2) is 48.5 Å². The Morgan fingerprint density at radius 3 is 2.42 bits per heavy atom. The van der Waals surface area contributed by atoms with Crippen LogP contribution in [0.1, 0.15) is 5.56 Å². The smallest absolute Gasteiger partial charge is 0.321 e. The molecule has 0 radical (unpaired) electrons. The predicted octanol–water partition coefficient (Wildman–Crippen LogP) is 4.34. The normalized spacial score (nSPS) is 15.3. The number of hydrogen-bond donors (Lipinski definition) is 1. The molecule has 1 fully saturated rings. The molecule has 0 saturated carbocycles. The van der Waals surface area contributed by atoms with Gasteiger partial charge in [-0.2, -0.15) is 0 Å². The lowest BCUT2D eigenvalue weighted by Crippen LogP contribution is -2.49. The van der Waals surface area contributed by atoms with E-state index in [0.29, 0.717) is 28.8 Å². The maximum Gasteiger partial charge on any atom is 0.321 e. The van der Waals surface area contributed by atoms with Gasteiger partial charge in [-0.1, -0.05) is 53.5 Å². The van der Waals surface area contributed by atoms with E-state index >= 15 is 0 Å². The van der Waals surface area contributed by atoms with E-state index in [1.54, 1.807) is 23.1 Å². The molecule has 1 aliphatic heterocycles. The van der Waals surface area contributed by atoms with Gasteiger partial charge in [0.1, 0.15) is 0 Å². The van der Waals surface area contributed by atoms with Gasteiger partial charge in [0.05, 0.1) is 10.7 Å². The van der Waals surface area contributed by atoms with Crippen LogP contribution in [0.3, 0.4) is 0 Å². The summed E-state index contributed by atoms with van der Waals surface area (Å²) in [6.45, 7) is 4.00. The summed E-state index contributed by atoms with van der Waals surface area (Å²) in [5, 5.41) is 3.86. The average Bonchev–Trinajstić information content (AvgIpc) is 2.60. The molecule has 2 aromatic rings. The standard InChI is InChI=1S/C18H19Cl2N3O/c19-15-6-7-16(20)17(12-15)21-18(24)23-10-8-22(9-11-23)13-14-4-2-1-3-5-14/h1-7,12H,8-11,13H2,(H,21,24). The zero-order chi connectivity index (χ0) is 16.9. The number of halogens is 2. The van der Waals surface area contributed by atoms with Gasteiger partial charge in [0.25, 0.3) is 0 Å². The van der Waals surface area contributed by atoms with Gasteiger partial charge in [-0.15, -0.1) is 0 Å². The van der Waals surface area contributed by atoms with Crippen LogP contribution >= 0.6 is 23.2 Å². The van der Waals surface area contributed by atoms with Gasteiger partial charge in [0.2, 0.25) is 0 Å². The number of nitrogens with zero attached hydrogens (tertiary/aromatic N) is 2. The van der Waals surface area contributed by atoms with Gasteiger partial charge in [0.15, 0.2) is 0 Å². The summed E-state index contributed by atoms with van der Waals surface area (Å²) in [5.41, 5.74) is 1.84. The molecule has 0 aromatic heterocycles. The number of piperazine rings is 1. The van der Waals surface area contributed by atoms with Crippen molar-refractivity contribution in [1.29, 1.82) is 0 Å². The number of rotatable bonds is 3. The maximum atomic E-state index is 12.4. The molecule has 0 spiro atoms. The Morgan fingerprint density at radius 1 is 1.00 bits per heavy atom. The minimum Gasteiger partial charge on any atom is -0.322 e. The minimum atomic E-state index is -0.140. The van der Waals surface area contributed by atoms with E-state index in [-0.39, 0.29) is 6.03 Å². The van der Waals surface area contributed by atoms with E-state index < -0.39 is 0 Å². The number of carbonyl (C=O) groups excluding carboxylic acids is 1. The Kier molecular flexibility index (Phi) is 5.61. The van der Waals surface area contributed by atoms with Crippen molar-refractivity contribution in [2.45, 2.75) is 6.54 Å². The summed E-state index contributed by atoms with van der Waals surface area (Å²) in [7, 11) is 0. The molecule has 2 amide bonds. The lowest BCUT2D eigenvalue weighted by molar-refractivity contribution is 0.143. The summed E-state index contributed by atoms with van der Waals surface area (Å²) in [6, 6.07) is 15.3. The van der Waals surface area contributed by atoms with Crippen molar-refractivity contribution in [3.63, 3.8) is 0 Å². The Labute approximate surface area is 152 Å². The van der Waals surface area contributed by atoms with Crippen LogP contribution in [-0.4, -0.2) is 42.0 Å². The van der Waals surface area contributed by atoms with Crippen molar-refractivity contribution in [3.05, 3.63) is 64.1 Å². The van der Waals surface area contributed by atoms with Crippen molar-refractivity contribution in [2.75, 3.05) is 31.5 Å². The van der Waals surface area contributed by atoms with Crippen molar-refractivity contribution in [1.82, 2.24) is 9.80 Å². The molecule has 1 heterocycles. The summed E-state index contributed by atoms with van der Waals surface area (Å²) in [5.74, 6) is 0. The van der Waals surface area contributed by atoms with E-state index in [2.05, 4.69) is 22.3 Å². The van der Waals surface area contributed by atoms with Crippen molar-refractivity contribution in [3.8, 4) is 0 Å². The molecule has 3 rings (SSSR count). The monoisotopic (exact) mass is 363 g/mol. The van der Waals surface area contributed by atoms with E-state index in [1.165, 1.54) is 5.56 Å². The molecule has 0 unspecified atom stereocenters. The van der Waals surface area contributed by atoms with Crippen molar-refractivity contribution >= 4 is 34.9 Å². The first-order chi connectivity index (χ1) is 11.6.